The summed E-state index contributed by atoms with van der Waals surface area (Å²) in [5, 5.41) is 6.39. The SMILES string of the molecule is COCC(=O)NCC[C@@H](CCN=[N+]=[N-])c1ccccc1. The summed E-state index contributed by atoms with van der Waals surface area (Å²) >= 11 is 0. The number of rotatable bonds is 9. The number of azide groups is 1. The minimum absolute atomic E-state index is 0.0781. The van der Waals surface area contributed by atoms with Gasteiger partial charge in [-0.25, -0.2) is 0 Å². The third-order valence-corrected chi connectivity index (χ3v) is 3.00. The molecule has 0 radical (unpaired) electrons. The molecule has 0 aromatic heterocycles. The fraction of sp³-hybridized carbons (Fsp3) is 0.500. The number of methoxy groups -OCH3 is 1. The van der Waals surface area contributed by atoms with Crippen molar-refractivity contribution >= 4 is 5.91 Å². The van der Waals surface area contributed by atoms with Crippen LogP contribution in [0.5, 0.6) is 0 Å². The van der Waals surface area contributed by atoms with Gasteiger partial charge in [0.1, 0.15) is 6.61 Å². The number of amides is 1. The van der Waals surface area contributed by atoms with Crippen LogP contribution in [0.3, 0.4) is 0 Å². The molecule has 1 amide bonds. The van der Waals surface area contributed by atoms with Crippen molar-refractivity contribution in [3.05, 3.63) is 46.3 Å². The highest BCUT2D eigenvalue weighted by Gasteiger charge is 2.11. The van der Waals surface area contributed by atoms with Gasteiger partial charge in [-0.3, -0.25) is 4.79 Å². The van der Waals surface area contributed by atoms with Crippen LogP contribution < -0.4 is 5.32 Å². The number of ether oxygens (including phenoxy) is 1. The molecule has 108 valence electrons. The molecule has 6 heteroatoms. The molecular weight excluding hydrogens is 256 g/mol. The minimum Gasteiger partial charge on any atom is -0.375 e. The van der Waals surface area contributed by atoms with Gasteiger partial charge in [0.25, 0.3) is 0 Å². The van der Waals surface area contributed by atoms with Crippen LogP contribution >= 0.6 is 0 Å². The van der Waals surface area contributed by atoms with Gasteiger partial charge in [-0.1, -0.05) is 35.4 Å². The Labute approximate surface area is 118 Å². The van der Waals surface area contributed by atoms with E-state index in [2.05, 4.69) is 27.5 Å². The maximum Gasteiger partial charge on any atom is 0.245 e. The highest BCUT2D eigenvalue weighted by molar-refractivity contribution is 5.77. The summed E-state index contributed by atoms with van der Waals surface area (Å²) in [6.45, 7) is 1.12. The number of nitrogens with zero attached hydrogens (tertiary/aromatic N) is 3. The normalized spacial score (nSPS) is 11.4. The molecule has 0 heterocycles. The Bertz CT molecular complexity index is 444. The summed E-state index contributed by atoms with van der Waals surface area (Å²) in [6, 6.07) is 10.0. The maximum absolute atomic E-state index is 11.3. The van der Waals surface area contributed by atoms with E-state index in [1.807, 2.05) is 18.2 Å². The van der Waals surface area contributed by atoms with Crippen molar-refractivity contribution in [2.24, 2.45) is 5.11 Å². The van der Waals surface area contributed by atoms with Crippen LogP contribution in [0.2, 0.25) is 0 Å². The Balaban J connectivity index is 2.50. The first-order chi connectivity index (χ1) is 9.77. The first kappa shape index (κ1) is 16.0. The Morgan fingerprint density at radius 3 is 2.80 bits per heavy atom. The van der Waals surface area contributed by atoms with Gasteiger partial charge >= 0.3 is 0 Å². The molecule has 6 nitrogen and oxygen atoms in total. The standard InChI is InChI=1S/C14H20N4O2/c1-20-11-14(19)16-9-7-13(8-10-17-18-15)12-5-3-2-4-6-12/h2-6,13H,7-11H2,1H3,(H,16,19)/t13-/m0/s1. The van der Waals surface area contributed by atoms with Crippen LogP contribution in [-0.4, -0.2) is 32.7 Å². The Morgan fingerprint density at radius 1 is 1.40 bits per heavy atom. The summed E-state index contributed by atoms with van der Waals surface area (Å²) in [5.74, 6) is 0.152. The fourth-order valence-electron chi connectivity index (χ4n) is 2.03. The molecule has 1 aromatic rings. The highest BCUT2D eigenvalue weighted by atomic mass is 16.5. The molecule has 0 saturated carbocycles. The molecular formula is C14H20N4O2. The van der Waals surface area contributed by atoms with Crippen LogP contribution in [0.1, 0.15) is 24.3 Å². The van der Waals surface area contributed by atoms with E-state index in [1.54, 1.807) is 0 Å². The number of carbonyl (C=O) groups is 1. The maximum atomic E-state index is 11.3. The summed E-state index contributed by atoms with van der Waals surface area (Å²) < 4.78 is 4.76. The molecule has 1 rings (SSSR count). The molecule has 1 N–H and O–H groups in total. The Morgan fingerprint density at radius 2 is 2.15 bits per heavy atom. The van der Waals surface area contributed by atoms with Crippen LogP contribution in [0.4, 0.5) is 0 Å². The molecule has 0 aliphatic heterocycles. The molecule has 0 bridgehead atoms. The van der Waals surface area contributed by atoms with E-state index >= 15 is 0 Å². The van der Waals surface area contributed by atoms with E-state index in [-0.39, 0.29) is 18.4 Å². The van der Waals surface area contributed by atoms with Crippen LogP contribution in [0, 0.1) is 0 Å². The number of hydrogen-bond acceptors (Lipinski definition) is 3. The second-order valence-electron chi connectivity index (χ2n) is 4.42. The van der Waals surface area contributed by atoms with E-state index < -0.39 is 0 Å². The molecule has 0 aliphatic carbocycles. The van der Waals surface area contributed by atoms with Crippen molar-refractivity contribution in [2.75, 3.05) is 26.8 Å². The van der Waals surface area contributed by atoms with E-state index in [9.17, 15) is 4.79 Å². The monoisotopic (exact) mass is 276 g/mol. The number of nitrogens with one attached hydrogen (secondary N) is 1. The smallest absolute Gasteiger partial charge is 0.245 e. The first-order valence-electron chi connectivity index (χ1n) is 6.59. The zero-order valence-corrected chi connectivity index (χ0v) is 11.7. The molecule has 0 saturated heterocycles. The van der Waals surface area contributed by atoms with Gasteiger partial charge in [0.2, 0.25) is 5.91 Å². The molecule has 0 spiro atoms. The quantitative estimate of drug-likeness (QED) is 0.427. The van der Waals surface area contributed by atoms with Crippen molar-refractivity contribution in [3.8, 4) is 0 Å². The predicted octanol–water partition coefficient (Wildman–Crippen LogP) is 2.62. The molecule has 0 fully saturated rings. The largest absolute Gasteiger partial charge is 0.375 e. The van der Waals surface area contributed by atoms with Gasteiger partial charge in [-0.15, -0.1) is 0 Å². The Kier molecular flexibility index (Phi) is 7.87. The minimum atomic E-state index is -0.116. The van der Waals surface area contributed by atoms with Crippen LogP contribution in [0.25, 0.3) is 10.4 Å². The summed E-state index contributed by atoms with van der Waals surface area (Å²) in [6.07, 6.45) is 1.58. The second-order valence-corrected chi connectivity index (χ2v) is 4.42. The predicted molar refractivity (Wildman–Crippen MR) is 77.3 cm³/mol. The van der Waals surface area contributed by atoms with Crippen molar-refractivity contribution in [1.29, 1.82) is 0 Å². The molecule has 0 aliphatic rings. The zero-order chi connectivity index (χ0) is 14.6. The molecule has 0 unspecified atom stereocenters. The lowest BCUT2D eigenvalue weighted by atomic mass is 9.92. The van der Waals surface area contributed by atoms with Crippen LogP contribution in [-0.2, 0) is 9.53 Å². The van der Waals surface area contributed by atoms with Crippen LogP contribution in [0.15, 0.2) is 35.4 Å². The van der Waals surface area contributed by atoms with E-state index in [0.29, 0.717) is 13.1 Å². The van der Waals surface area contributed by atoms with Gasteiger partial charge < -0.3 is 10.1 Å². The summed E-state index contributed by atoms with van der Waals surface area (Å²) in [4.78, 5) is 14.1. The van der Waals surface area contributed by atoms with Gasteiger partial charge in [0.05, 0.1) is 0 Å². The molecule has 20 heavy (non-hydrogen) atoms. The second kappa shape index (κ2) is 9.83. The Hall–Kier alpha value is -2.04. The van der Waals surface area contributed by atoms with Gasteiger partial charge in [-0.05, 0) is 29.9 Å². The summed E-state index contributed by atoms with van der Waals surface area (Å²) in [5.41, 5.74) is 9.54. The zero-order valence-electron chi connectivity index (χ0n) is 11.7. The number of benzene rings is 1. The topological polar surface area (TPSA) is 87.1 Å². The highest BCUT2D eigenvalue weighted by Crippen LogP contribution is 2.22. The van der Waals surface area contributed by atoms with Crippen molar-refractivity contribution in [1.82, 2.24) is 5.32 Å². The van der Waals surface area contributed by atoms with Crippen molar-refractivity contribution in [3.63, 3.8) is 0 Å². The van der Waals surface area contributed by atoms with Gasteiger partial charge in [0, 0.05) is 25.1 Å². The average Bonchev–Trinajstić information content (AvgIpc) is 2.47. The molecule has 1 aromatic carbocycles. The third-order valence-electron chi connectivity index (χ3n) is 3.00. The third kappa shape index (κ3) is 6.22. The van der Waals surface area contributed by atoms with Crippen molar-refractivity contribution < 1.29 is 9.53 Å². The lowest BCUT2D eigenvalue weighted by molar-refractivity contribution is -0.124. The number of hydrogen-bond donors (Lipinski definition) is 1. The molecule has 1 atom stereocenters. The van der Waals surface area contributed by atoms with Gasteiger partial charge in [0.15, 0.2) is 0 Å². The fourth-order valence-corrected chi connectivity index (χ4v) is 2.03. The lowest BCUT2D eigenvalue weighted by Gasteiger charge is -2.16. The van der Waals surface area contributed by atoms with Crippen molar-refractivity contribution in [2.45, 2.75) is 18.8 Å². The summed E-state index contributed by atoms with van der Waals surface area (Å²) in [7, 11) is 1.49. The lowest BCUT2D eigenvalue weighted by Crippen LogP contribution is -2.29. The van der Waals surface area contributed by atoms with E-state index in [4.69, 9.17) is 10.3 Å². The van der Waals surface area contributed by atoms with E-state index in [1.165, 1.54) is 12.7 Å². The first-order valence-corrected chi connectivity index (χ1v) is 6.59. The van der Waals surface area contributed by atoms with Gasteiger partial charge in [-0.2, -0.15) is 0 Å². The average molecular weight is 276 g/mol. The van der Waals surface area contributed by atoms with E-state index in [0.717, 1.165) is 12.8 Å². The number of carbonyl (C=O) groups excluding carboxylic acids is 1.